The van der Waals surface area contributed by atoms with Gasteiger partial charge in [0, 0.05) is 76.9 Å². The molecule has 272 valence electrons. The Hall–Kier alpha value is -4.72. The quantitative estimate of drug-likeness (QED) is 0.116. The highest BCUT2D eigenvalue weighted by molar-refractivity contribution is 6.09. The molecule has 0 saturated carbocycles. The Morgan fingerprint density at radius 1 is 0.904 bits per heavy atom. The largest absolute Gasteiger partial charge is 0.487 e. The van der Waals surface area contributed by atoms with Gasteiger partial charge in [0.25, 0.3) is 5.91 Å². The van der Waals surface area contributed by atoms with Crippen LogP contribution in [-0.4, -0.2) is 109 Å². The number of anilines is 2. The highest BCUT2D eigenvalue weighted by Gasteiger charge is 2.70. The average molecular weight is 707 g/mol. The number of urea groups is 1. The lowest BCUT2D eigenvalue weighted by Gasteiger charge is -2.33. The summed E-state index contributed by atoms with van der Waals surface area (Å²) in [7, 11) is 4.09. The maximum absolute atomic E-state index is 14.8. The smallest absolute Gasteiger partial charge is 0.328 e. The third-order valence-corrected chi connectivity index (χ3v) is 11.3. The van der Waals surface area contributed by atoms with Gasteiger partial charge < -0.3 is 19.3 Å². The molecule has 4 heterocycles. The van der Waals surface area contributed by atoms with Gasteiger partial charge in [-0.15, -0.1) is 4.99 Å². The van der Waals surface area contributed by atoms with Crippen molar-refractivity contribution in [2.45, 2.75) is 31.2 Å². The van der Waals surface area contributed by atoms with E-state index >= 15 is 0 Å². The number of rotatable bonds is 12. The number of carbonyl (C=O) groups is 2. The van der Waals surface area contributed by atoms with Crippen molar-refractivity contribution in [1.29, 1.82) is 0 Å². The lowest BCUT2D eigenvalue weighted by Crippen LogP contribution is -2.51. The van der Waals surface area contributed by atoms with Crippen molar-refractivity contribution in [3.63, 3.8) is 0 Å². The summed E-state index contributed by atoms with van der Waals surface area (Å²) in [5, 5.41) is 11.4. The zero-order valence-electron chi connectivity index (χ0n) is 29.7. The Morgan fingerprint density at radius 2 is 1.67 bits per heavy atom. The van der Waals surface area contributed by atoms with Crippen LogP contribution in [0.5, 0.6) is 5.75 Å². The molecule has 12 nitrogen and oxygen atoms in total. The topological polar surface area (TPSA) is 110 Å². The lowest BCUT2D eigenvalue weighted by atomic mass is 9.87. The Balaban J connectivity index is 1.09. The molecule has 1 spiro atoms. The summed E-state index contributed by atoms with van der Waals surface area (Å²) in [5.74, 6) is 0.415. The standard InChI is InChI=1S/C40H46N6O6/c1-42(2)35-15-13-33(31-10-6-7-11-32(31)35)36-23-30-25-44(24-29-12-14-34(41-52-49)37(22-29)51-26-28-8-4-3-5-9-28)27-40(30)38(47)45(39(48)46(36)40)17-16-43-18-20-50-21-19-43/h3-15,22,30,36,41,49H,16-21,23-27H2,1-2H3/t30-,36-,40+/m1/s1. The molecule has 0 bridgehead atoms. The summed E-state index contributed by atoms with van der Waals surface area (Å²) in [4.78, 5) is 43.8. The molecule has 4 fully saturated rings. The second-order valence-electron chi connectivity index (χ2n) is 14.5. The van der Waals surface area contributed by atoms with Gasteiger partial charge in [0.15, 0.2) is 0 Å². The van der Waals surface area contributed by atoms with Crippen molar-refractivity contribution < 1.29 is 29.3 Å². The maximum atomic E-state index is 14.8. The second-order valence-corrected chi connectivity index (χ2v) is 14.5. The molecular formula is C40H46N6O6. The van der Waals surface area contributed by atoms with E-state index in [1.54, 1.807) is 0 Å². The fourth-order valence-corrected chi connectivity index (χ4v) is 8.84. The number of nitrogens with zero attached hydrogens (tertiary/aromatic N) is 5. The molecule has 3 atom stereocenters. The van der Waals surface area contributed by atoms with E-state index < -0.39 is 5.54 Å². The fourth-order valence-electron chi connectivity index (χ4n) is 8.84. The van der Waals surface area contributed by atoms with Gasteiger partial charge in [-0.25, -0.2) is 15.5 Å². The SMILES string of the molecule is CN(C)c1ccc([C@H]2C[C@@H]3CN(Cc4ccc(NOO)c(OCc5ccccc5)c4)C[C@@]34C(=O)N(CCN3CCOCC3)C(=O)N24)c2ccccc12. The van der Waals surface area contributed by atoms with Gasteiger partial charge in [-0.05, 0) is 46.7 Å². The summed E-state index contributed by atoms with van der Waals surface area (Å²) in [6.07, 6.45) is 0.707. The highest BCUT2D eigenvalue weighted by Crippen LogP contribution is 2.56. The maximum Gasteiger partial charge on any atom is 0.328 e. The first-order valence-electron chi connectivity index (χ1n) is 18.1. The fraction of sp³-hybridized carbons (Fsp3) is 0.400. The summed E-state index contributed by atoms with van der Waals surface area (Å²) in [6, 6.07) is 27.8. The molecule has 8 rings (SSSR count). The lowest BCUT2D eigenvalue weighted by molar-refractivity contribution is -0.215. The number of morpholine rings is 1. The Labute approximate surface area is 303 Å². The van der Waals surface area contributed by atoms with E-state index in [0.717, 1.165) is 46.2 Å². The van der Waals surface area contributed by atoms with Crippen LogP contribution in [0.2, 0.25) is 0 Å². The zero-order valence-corrected chi connectivity index (χ0v) is 29.7. The van der Waals surface area contributed by atoms with Crippen molar-refractivity contribution in [2.75, 3.05) is 77.0 Å². The summed E-state index contributed by atoms with van der Waals surface area (Å²) in [6.45, 7) is 5.94. The molecule has 3 amide bonds. The van der Waals surface area contributed by atoms with Crippen LogP contribution in [0.3, 0.4) is 0 Å². The van der Waals surface area contributed by atoms with E-state index in [4.69, 9.17) is 14.7 Å². The molecule has 0 aromatic heterocycles. The van der Waals surface area contributed by atoms with E-state index in [9.17, 15) is 9.59 Å². The molecular weight excluding hydrogens is 660 g/mol. The predicted molar refractivity (Wildman–Crippen MR) is 198 cm³/mol. The number of hydrogen-bond acceptors (Lipinski definition) is 10. The molecule has 52 heavy (non-hydrogen) atoms. The number of carbonyl (C=O) groups excluding carboxylic acids is 2. The molecule has 4 saturated heterocycles. The van der Waals surface area contributed by atoms with Crippen molar-refractivity contribution in [3.05, 3.63) is 102 Å². The minimum Gasteiger partial charge on any atom is -0.487 e. The molecule has 0 aliphatic carbocycles. The van der Waals surface area contributed by atoms with Gasteiger partial charge in [-0.2, -0.15) is 0 Å². The van der Waals surface area contributed by atoms with Crippen LogP contribution >= 0.6 is 0 Å². The van der Waals surface area contributed by atoms with Gasteiger partial charge in [0.05, 0.1) is 19.3 Å². The van der Waals surface area contributed by atoms with E-state index in [0.29, 0.717) is 70.4 Å². The molecule has 4 aliphatic heterocycles. The summed E-state index contributed by atoms with van der Waals surface area (Å²) < 4.78 is 11.7. The Bertz CT molecular complexity index is 1940. The van der Waals surface area contributed by atoms with Gasteiger partial charge in [0.2, 0.25) is 0 Å². The van der Waals surface area contributed by atoms with Crippen molar-refractivity contribution in [1.82, 2.24) is 19.6 Å². The summed E-state index contributed by atoms with van der Waals surface area (Å²) in [5.41, 5.74) is 6.24. The van der Waals surface area contributed by atoms with Crippen molar-refractivity contribution in [3.8, 4) is 5.75 Å². The first-order chi connectivity index (χ1) is 25.4. The van der Waals surface area contributed by atoms with Crippen LogP contribution in [0, 0.1) is 5.92 Å². The van der Waals surface area contributed by atoms with Crippen LogP contribution in [0.25, 0.3) is 10.8 Å². The van der Waals surface area contributed by atoms with E-state index in [2.05, 4.69) is 61.6 Å². The van der Waals surface area contributed by atoms with Crippen LogP contribution in [-0.2, 0) is 27.7 Å². The van der Waals surface area contributed by atoms with Crippen molar-refractivity contribution >= 4 is 34.1 Å². The van der Waals surface area contributed by atoms with Gasteiger partial charge >= 0.3 is 6.03 Å². The van der Waals surface area contributed by atoms with E-state index in [1.165, 1.54) is 4.90 Å². The van der Waals surface area contributed by atoms with Crippen LogP contribution in [0.1, 0.15) is 29.2 Å². The highest BCUT2D eigenvalue weighted by atomic mass is 17.2. The van der Waals surface area contributed by atoms with Gasteiger partial charge in [-0.1, -0.05) is 66.7 Å². The number of nitrogens with one attached hydrogen (secondary N) is 1. The van der Waals surface area contributed by atoms with Crippen LogP contribution in [0.15, 0.2) is 84.9 Å². The first-order valence-corrected chi connectivity index (χ1v) is 18.1. The summed E-state index contributed by atoms with van der Waals surface area (Å²) >= 11 is 0. The predicted octanol–water partition coefficient (Wildman–Crippen LogP) is 5.21. The van der Waals surface area contributed by atoms with E-state index in [-0.39, 0.29) is 23.9 Å². The Kier molecular flexibility index (Phi) is 9.49. The first kappa shape index (κ1) is 34.4. The number of imide groups is 1. The number of fused-ring (bicyclic) bond motifs is 1. The molecule has 2 N–H and O–H groups in total. The molecule has 0 radical (unpaired) electrons. The van der Waals surface area contributed by atoms with Gasteiger partial charge in [-0.3, -0.25) is 19.5 Å². The normalized spacial score (nSPS) is 23.4. The molecule has 4 aromatic rings. The number of hydrogen-bond donors (Lipinski definition) is 2. The third kappa shape index (κ3) is 6.14. The van der Waals surface area contributed by atoms with E-state index in [1.807, 2.05) is 67.5 Å². The monoisotopic (exact) mass is 706 g/mol. The van der Waals surface area contributed by atoms with Gasteiger partial charge in [0.1, 0.15) is 23.6 Å². The third-order valence-electron chi connectivity index (χ3n) is 11.3. The van der Waals surface area contributed by atoms with Crippen molar-refractivity contribution in [2.24, 2.45) is 5.92 Å². The molecule has 4 aliphatic rings. The average Bonchev–Trinajstić information content (AvgIpc) is 3.74. The molecule has 4 aromatic carbocycles. The zero-order chi connectivity index (χ0) is 35.8. The minimum atomic E-state index is -0.951. The molecule has 12 heteroatoms. The number of likely N-dealkylation sites (tertiary alicyclic amines) is 1. The number of benzene rings is 4. The molecule has 0 unspecified atom stereocenters. The second kappa shape index (κ2) is 14.4. The Morgan fingerprint density at radius 3 is 2.44 bits per heavy atom. The number of amides is 3. The van der Waals surface area contributed by atoms with Crippen LogP contribution < -0.4 is 15.1 Å². The van der Waals surface area contributed by atoms with Crippen LogP contribution in [0.4, 0.5) is 16.2 Å². The minimum absolute atomic E-state index is 0.0350. The number of ether oxygens (including phenoxy) is 2.